The fourth-order valence-electron chi connectivity index (χ4n) is 2.00. The predicted octanol–water partition coefficient (Wildman–Crippen LogP) is 0.760. The van der Waals surface area contributed by atoms with Crippen LogP contribution >= 0.6 is 0 Å². The average molecular weight is 299 g/mol. The van der Waals surface area contributed by atoms with Crippen LogP contribution in [0.2, 0.25) is 0 Å². The molecule has 0 spiro atoms. The Bertz CT molecular complexity index is 574. The number of carbonyl (C=O) groups is 1. The van der Waals surface area contributed by atoms with E-state index >= 15 is 0 Å². The number of hydrogen-bond acceptors (Lipinski definition) is 4. The van der Waals surface area contributed by atoms with Crippen molar-refractivity contribution in [3.8, 4) is 0 Å². The third kappa shape index (κ3) is 3.94. The van der Waals surface area contributed by atoms with Gasteiger partial charge in [0.25, 0.3) is 0 Å². The first-order valence-corrected chi connectivity index (χ1v) is 7.85. The molecule has 3 N–H and O–H groups in total. The highest BCUT2D eigenvalue weighted by atomic mass is 32.2. The van der Waals surface area contributed by atoms with Crippen molar-refractivity contribution >= 4 is 21.6 Å². The van der Waals surface area contributed by atoms with Crippen LogP contribution in [0.15, 0.2) is 17.0 Å². The molecular formula is C13H21N3O3S. The molecule has 0 aromatic heterocycles. The highest BCUT2D eigenvalue weighted by molar-refractivity contribution is 7.89. The van der Waals surface area contributed by atoms with Crippen LogP contribution in [-0.2, 0) is 14.8 Å². The summed E-state index contributed by atoms with van der Waals surface area (Å²) in [7, 11) is -2.24. The fourth-order valence-corrected chi connectivity index (χ4v) is 3.43. The molecule has 1 rings (SSSR count). The van der Waals surface area contributed by atoms with E-state index in [4.69, 9.17) is 0 Å². The molecule has 0 aliphatic carbocycles. The second-order valence-corrected chi connectivity index (χ2v) is 6.17. The molecule has 0 saturated heterocycles. The summed E-state index contributed by atoms with van der Waals surface area (Å²) in [5, 5.41) is 5.52. The largest absolute Gasteiger partial charge is 0.385 e. The molecule has 7 heteroatoms. The standard InChI is InChI=1S/C13H21N3O3S/c1-5-15-11-6-9(2)13(10(3)7-11)20(18,19)16-8-12(17)14-4/h6-7,15-16H,5,8H2,1-4H3,(H,14,17). The van der Waals surface area contributed by atoms with Crippen molar-refractivity contribution in [2.45, 2.75) is 25.7 Å². The van der Waals surface area contributed by atoms with Crippen molar-refractivity contribution in [1.82, 2.24) is 10.0 Å². The highest BCUT2D eigenvalue weighted by Gasteiger charge is 2.20. The lowest BCUT2D eigenvalue weighted by Crippen LogP contribution is -2.35. The molecule has 20 heavy (non-hydrogen) atoms. The van der Waals surface area contributed by atoms with Crippen LogP contribution in [0.4, 0.5) is 5.69 Å². The van der Waals surface area contributed by atoms with E-state index in [-0.39, 0.29) is 17.3 Å². The molecule has 112 valence electrons. The van der Waals surface area contributed by atoms with Crippen molar-refractivity contribution in [3.05, 3.63) is 23.3 Å². The highest BCUT2D eigenvalue weighted by Crippen LogP contribution is 2.24. The maximum atomic E-state index is 12.3. The number of hydrogen-bond donors (Lipinski definition) is 3. The summed E-state index contributed by atoms with van der Waals surface area (Å²) in [4.78, 5) is 11.4. The molecule has 0 aliphatic rings. The van der Waals surface area contributed by atoms with Gasteiger partial charge in [-0.1, -0.05) is 0 Å². The van der Waals surface area contributed by atoms with Gasteiger partial charge >= 0.3 is 0 Å². The monoisotopic (exact) mass is 299 g/mol. The summed E-state index contributed by atoms with van der Waals surface area (Å²) in [6, 6.07) is 3.57. The maximum absolute atomic E-state index is 12.3. The van der Waals surface area contributed by atoms with E-state index in [0.29, 0.717) is 11.1 Å². The number of likely N-dealkylation sites (N-methyl/N-ethyl adjacent to an activating group) is 1. The first kappa shape index (κ1) is 16.5. The first-order valence-electron chi connectivity index (χ1n) is 6.37. The van der Waals surface area contributed by atoms with Crippen LogP contribution in [0.3, 0.4) is 0 Å². The second-order valence-electron chi connectivity index (χ2n) is 4.47. The Morgan fingerprint density at radius 2 is 1.75 bits per heavy atom. The summed E-state index contributed by atoms with van der Waals surface area (Å²) in [5.74, 6) is -0.381. The lowest BCUT2D eigenvalue weighted by Gasteiger charge is -2.14. The third-order valence-electron chi connectivity index (χ3n) is 2.81. The van der Waals surface area contributed by atoms with E-state index in [9.17, 15) is 13.2 Å². The lowest BCUT2D eigenvalue weighted by atomic mass is 10.1. The zero-order valence-electron chi connectivity index (χ0n) is 12.2. The quantitative estimate of drug-likeness (QED) is 0.724. The number of amides is 1. The molecule has 0 fully saturated rings. The summed E-state index contributed by atoms with van der Waals surface area (Å²) in [6.07, 6.45) is 0. The Morgan fingerprint density at radius 1 is 1.20 bits per heavy atom. The van der Waals surface area contributed by atoms with Crippen molar-refractivity contribution in [2.24, 2.45) is 0 Å². The Morgan fingerprint density at radius 3 is 2.20 bits per heavy atom. The van der Waals surface area contributed by atoms with Crippen LogP contribution in [0, 0.1) is 13.8 Å². The molecule has 0 saturated carbocycles. The number of sulfonamides is 1. The van der Waals surface area contributed by atoms with Gasteiger partial charge in [0.05, 0.1) is 11.4 Å². The van der Waals surface area contributed by atoms with Crippen LogP contribution in [-0.4, -0.2) is 34.5 Å². The summed E-state index contributed by atoms with van der Waals surface area (Å²) in [6.45, 7) is 5.94. The summed E-state index contributed by atoms with van der Waals surface area (Å²) in [5.41, 5.74) is 2.17. The van der Waals surface area contributed by atoms with Crippen LogP contribution < -0.4 is 15.4 Å². The van der Waals surface area contributed by atoms with Gasteiger partial charge in [-0.2, -0.15) is 0 Å². The maximum Gasteiger partial charge on any atom is 0.241 e. The number of benzene rings is 1. The van der Waals surface area contributed by atoms with Crippen molar-refractivity contribution < 1.29 is 13.2 Å². The predicted molar refractivity (Wildman–Crippen MR) is 79.3 cm³/mol. The van der Waals surface area contributed by atoms with Gasteiger partial charge in [-0.15, -0.1) is 0 Å². The van der Waals surface area contributed by atoms with Gasteiger partial charge < -0.3 is 10.6 Å². The Kier molecular flexibility index (Phi) is 5.52. The van der Waals surface area contributed by atoms with Gasteiger partial charge in [0.15, 0.2) is 0 Å². The van der Waals surface area contributed by atoms with Gasteiger partial charge in [-0.3, -0.25) is 4.79 Å². The van der Waals surface area contributed by atoms with Gasteiger partial charge in [0.2, 0.25) is 15.9 Å². The molecule has 0 unspecified atom stereocenters. The van der Waals surface area contributed by atoms with Gasteiger partial charge in [-0.25, -0.2) is 13.1 Å². The number of aryl methyl sites for hydroxylation is 2. The van der Waals surface area contributed by atoms with E-state index in [1.807, 2.05) is 6.92 Å². The minimum atomic E-state index is -3.70. The Labute approximate surface area is 120 Å². The average Bonchev–Trinajstić information content (AvgIpc) is 2.35. The van der Waals surface area contributed by atoms with E-state index < -0.39 is 10.0 Å². The van der Waals surface area contributed by atoms with E-state index in [1.54, 1.807) is 26.0 Å². The molecular weight excluding hydrogens is 278 g/mol. The molecule has 0 bridgehead atoms. The smallest absolute Gasteiger partial charge is 0.241 e. The lowest BCUT2D eigenvalue weighted by molar-refractivity contribution is -0.119. The zero-order valence-corrected chi connectivity index (χ0v) is 13.0. The molecule has 0 aliphatic heterocycles. The third-order valence-corrected chi connectivity index (χ3v) is 4.52. The van der Waals surface area contributed by atoms with Crippen molar-refractivity contribution in [2.75, 3.05) is 25.5 Å². The van der Waals surface area contributed by atoms with Gasteiger partial charge in [0.1, 0.15) is 0 Å². The Balaban J connectivity index is 3.09. The summed E-state index contributed by atoms with van der Waals surface area (Å²) >= 11 is 0. The van der Waals surface area contributed by atoms with Crippen molar-refractivity contribution in [1.29, 1.82) is 0 Å². The van der Waals surface area contributed by atoms with Crippen molar-refractivity contribution in [3.63, 3.8) is 0 Å². The minimum absolute atomic E-state index is 0.225. The van der Waals surface area contributed by atoms with E-state index in [2.05, 4.69) is 15.4 Å². The van der Waals surface area contributed by atoms with E-state index in [0.717, 1.165) is 12.2 Å². The van der Waals surface area contributed by atoms with Crippen LogP contribution in [0.1, 0.15) is 18.1 Å². The van der Waals surface area contributed by atoms with Gasteiger partial charge in [-0.05, 0) is 44.0 Å². The topological polar surface area (TPSA) is 87.3 Å². The molecule has 0 radical (unpaired) electrons. The Hall–Kier alpha value is -1.60. The number of rotatable bonds is 6. The van der Waals surface area contributed by atoms with Gasteiger partial charge in [0, 0.05) is 19.3 Å². The molecule has 0 heterocycles. The van der Waals surface area contributed by atoms with Crippen LogP contribution in [0.5, 0.6) is 0 Å². The number of anilines is 1. The molecule has 0 atom stereocenters. The number of carbonyl (C=O) groups excluding carboxylic acids is 1. The van der Waals surface area contributed by atoms with Crippen LogP contribution in [0.25, 0.3) is 0 Å². The summed E-state index contributed by atoms with van der Waals surface area (Å²) < 4.78 is 26.8. The molecule has 1 aromatic carbocycles. The zero-order chi connectivity index (χ0) is 15.3. The molecule has 6 nitrogen and oxygen atoms in total. The second kappa shape index (κ2) is 6.71. The SMILES string of the molecule is CCNc1cc(C)c(S(=O)(=O)NCC(=O)NC)c(C)c1. The normalized spacial score (nSPS) is 11.2. The molecule has 1 aromatic rings. The molecule has 1 amide bonds. The first-order chi connectivity index (χ1) is 9.31. The van der Waals surface area contributed by atoms with E-state index in [1.165, 1.54) is 7.05 Å². The minimum Gasteiger partial charge on any atom is -0.385 e. The fraction of sp³-hybridized carbons (Fsp3) is 0.462. The number of nitrogens with one attached hydrogen (secondary N) is 3.